The van der Waals surface area contributed by atoms with Crippen LogP contribution >= 0.6 is 0 Å². The molecule has 84 valence electrons. The SMILES string of the molecule is CCC[C@@H](C(=O)OC)[C@@H](N)C(F)(F)F. The van der Waals surface area contributed by atoms with Gasteiger partial charge < -0.3 is 10.5 Å². The third-order valence-electron chi connectivity index (χ3n) is 1.92. The molecule has 0 spiro atoms. The van der Waals surface area contributed by atoms with Crippen molar-refractivity contribution in [2.24, 2.45) is 11.7 Å². The molecular formula is C8H14F3NO2. The summed E-state index contributed by atoms with van der Waals surface area (Å²) in [7, 11) is 1.05. The normalized spacial score (nSPS) is 16.1. The largest absolute Gasteiger partial charge is 0.469 e. The van der Waals surface area contributed by atoms with E-state index in [1.807, 2.05) is 0 Å². The van der Waals surface area contributed by atoms with Crippen molar-refractivity contribution >= 4 is 5.97 Å². The summed E-state index contributed by atoms with van der Waals surface area (Å²) in [6.07, 6.45) is -4.04. The molecule has 0 bridgehead atoms. The van der Waals surface area contributed by atoms with Gasteiger partial charge in [0.05, 0.1) is 13.0 Å². The highest BCUT2D eigenvalue weighted by Gasteiger charge is 2.44. The van der Waals surface area contributed by atoms with E-state index in [0.717, 1.165) is 7.11 Å². The van der Waals surface area contributed by atoms with E-state index in [2.05, 4.69) is 4.74 Å². The Bertz CT molecular complexity index is 194. The number of hydrogen-bond donors (Lipinski definition) is 1. The first-order valence-electron chi connectivity index (χ1n) is 4.24. The third-order valence-corrected chi connectivity index (χ3v) is 1.92. The summed E-state index contributed by atoms with van der Waals surface area (Å²) in [5.74, 6) is -2.21. The van der Waals surface area contributed by atoms with E-state index in [1.54, 1.807) is 6.92 Å². The first-order chi connectivity index (χ1) is 6.34. The number of carbonyl (C=O) groups is 1. The standard InChI is InChI=1S/C8H14F3NO2/c1-3-4-5(7(13)14-2)6(12)8(9,10)11/h5-6H,3-4,12H2,1-2H3/t5-,6-/m1/s1. The highest BCUT2D eigenvalue weighted by atomic mass is 19.4. The van der Waals surface area contributed by atoms with Gasteiger partial charge in [-0.1, -0.05) is 13.3 Å². The Labute approximate surface area is 80.4 Å². The molecule has 2 N–H and O–H groups in total. The maximum absolute atomic E-state index is 12.2. The topological polar surface area (TPSA) is 52.3 Å². The van der Waals surface area contributed by atoms with E-state index in [1.165, 1.54) is 0 Å². The number of ether oxygens (including phenoxy) is 1. The number of alkyl halides is 3. The van der Waals surface area contributed by atoms with Gasteiger partial charge in [0.15, 0.2) is 0 Å². The van der Waals surface area contributed by atoms with Gasteiger partial charge >= 0.3 is 12.1 Å². The molecule has 0 amide bonds. The van der Waals surface area contributed by atoms with Gasteiger partial charge in [0, 0.05) is 0 Å². The maximum Gasteiger partial charge on any atom is 0.404 e. The zero-order chi connectivity index (χ0) is 11.4. The van der Waals surface area contributed by atoms with E-state index < -0.39 is 24.1 Å². The minimum absolute atomic E-state index is 0.0767. The Morgan fingerprint density at radius 3 is 2.29 bits per heavy atom. The van der Waals surface area contributed by atoms with Crippen molar-refractivity contribution < 1.29 is 22.7 Å². The lowest BCUT2D eigenvalue weighted by atomic mass is 9.95. The molecule has 0 aromatic carbocycles. The lowest BCUT2D eigenvalue weighted by molar-refractivity contribution is -0.175. The first-order valence-corrected chi connectivity index (χ1v) is 4.24. The Hall–Kier alpha value is -0.780. The van der Waals surface area contributed by atoms with Crippen molar-refractivity contribution in [1.82, 2.24) is 0 Å². The lowest BCUT2D eigenvalue weighted by Crippen LogP contribution is -2.47. The van der Waals surface area contributed by atoms with Gasteiger partial charge in [0.25, 0.3) is 0 Å². The second-order valence-corrected chi connectivity index (χ2v) is 2.99. The number of nitrogens with two attached hydrogens (primary N) is 1. The zero-order valence-electron chi connectivity index (χ0n) is 8.10. The molecule has 0 rings (SSSR count). The van der Waals surface area contributed by atoms with Crippen molar-refractivity contribution in [2.75, 3.05) is 7.11 Å². The van der Waals surface area contributed by atoms with Crippen molar-refractivity contribution in [1.29, 1.82) is 0 Å². The van der Waals surface area contributed by atoms with Gasteiger partial charge in [0.1, 0.15) is 6.04 Å². The molecule has 0 aromatic heterocycles. The van der Waals surface area contributed by atoms with Crippen LogP contribution in [-0.2, 0) is 9.53 Å². The minimum Gasteiger partial charge on any atom is -0.469 e. The van der Waals surface area contributed by atoms with Crippen molar-refractivity contribution in [3.63, 3.8) is 0 Å². The Kier molecular flexibility index (Phi) is 4.90. The van der Waals surface area contributed by atoms with E-state index in [9.17, 15) is 18.0 Å². The minimum atomic E-state index is -4.56. The van der Waals surface area contributed by atoms with Crippen LogP contribution < -0.4 is 5.73 Å². The molecule has 0 saturated heterocycles. The zero-order valence-corrected chi connectivity index (χ0v) is 8.10. The number of rotatable bonds is 4. The van der Waals surface area contributed by atoms with Crippen molar-refractivity contribution in [3.05, 3.63) is 0 Å². The molecule has 0 heterocycles. The summed E-state index contributed by atoms with van der Waals surface area (Å²) in [6, 6.07) is -2.14. The van der Waals surface area contributed by atoms with Gasteiger partial charge in [-0.3, -0.25) is 4.79 Å². The lowest BCUT2D eigenvalue weighted by Gasteiger charge is -2.23. The average molecular weight is 213 g/mol. The number of methoxy groups -OCH3 is 1. The van der Waals surface area contributed by atoms with Crippen LogP contribution in [0.3, 0.4) is 0 Å². The third kappa shape index (κ3) is 3.53. The monoisotopic (exact) mass is 213 g/mol. The van der Waals surface area contributed by atoms with Crippen LogP contribution in [0.1, 0.15) is 19.8 Å². The Morgan fingerprint density at radius 2 is 2.00 bits per heavy atom. The Balaban J connectivity index is 4.56. The summed E-state index contributed by atoms with van der Waals surface area (Å²) >= 11 is 0. The second-order valence-electron chi connectivity index (χ2n) is 2.99. The fourth-order valence-electron chi connectivity index (χ4n) is 1.13. The predicted molar refractivity (Wildman–Crippen MR) is 44.4 cm³/mol. The molecule has 0 saturated carbocycles. The molecule has 14 heavy (non-hydrogen) atoms. The fraction of sp³-hybridized carbons (Fsp3) is 0.875. The van der Waals surface area contributed by atoms with Crippen molar-refractivity contribution in [2.45, 2.75) is 32.0 Å². The molecule has 0 radical (unpaired) electrons. The molecule has 3 nitrogen and oxygen atoms in total. The van der Waals surface area contributed by atoms with Crippen LogP contribution in [0.5, 0.6) is 0 Å². The molecule has 0 unspecified atom stereocenters. The van der Waals surface area contributed by atoms with Crippen LogP contribution in [0.15, 0.2) is 0 Å². The summed E-state index contributed by atoms with van der Waals surface area (Å²) in [6.45, 7) is 1.68. The highest BCUT2D eigenvalue weighted by molar-refractivity contribution is 5.73. The Morgan fingerprint density at radius 1 is 1.50 bits per heavy atom. The molecular weight excluding hydrogens is 199 g/mol. The smallest absolute Gasteiger partial charge is 0.404 e. The molecule has 0 aliphatic heterocycles. The first kappa shape index (κ1) is 13.2. The fourth-order valence-corrected chi connectivity index (χ4v) is 1.13. The second kappa shape index (κ2) is 5.19. The summed E-state index contributed by atoms with van der Waals surface area (Å²) in [4.78, 5) is 11.0. The van der Waals surface area contributed by atoms with Crippen LogP contribution in [0.4, 0.5) is 13.2 Å². The van der Waals surface area contributed by atoms with Crippen molar-refractivity contribution in [3.8, 4) is 0 Å². The quantitative estimate of drug-likeness (QED) is 0.719. The molecule has 0 aromatic rings. The molecule has 0 aliphatic carbocycles. The van der Waals surface area contributed by atoms with Gasteiger partial charge in [0.2, 0.25) is 0 Å². The van der Waals surface area contributed by atoms with E-state index in [4.69, 9.17) is 5.73 Å². The maximum atomic E-state index is 12.2. The molecule has 0 aliphatic rings. The summed E-state index contributed by atoms with van der Waals surface area (Å²) in [5, 5.41) is 0. The average Bonchev–Trinajstić information content (AvgIpc) is 2.10. The van der Waals surface area contributed by atoms with Gasteiger partial charge in [-0.15, -0.1) is 0 Å². The molecule has 2 atom stereocenters. The van der Waals surface area contributed by atoms with Gasteiger partial charge in [-0.25, -0.2) is 0 Å². The number of hydrogen-bond acceptors (Lipinski definition) is 3. The number of esters is 1. The van der Waals surface area contributed by atoms with E-state index >= 15 is 0 Å². The van der Waals surface area contributed by atoms with E-state index in [0.29, 0.717) is 6.42 Å². The summed E-state index contributed by atoms with van der Waals surface area (Å²) < 4.78 is 40.8. The van der Waals surface area contributed by atoms with Crippen LogP contribution in [0.25, 0.3) is 0 Å². The van der Waals surface area contributed by atoms with Crippen LogP contribution in [-0.4, -0.2) is 25.3 Å². The van der Waals surface area contributed by atoms with Gasteiger partial charge in [-0.2, -0.15) is 13.2 Å². The molecule has 6 heteroatoms. The molecule has 0 fully saturated rings. The highest BCUT2D eigenvalue weighted by Crippen LogP contribution is 2.27. The number of carbonyl (C=O) groups excluding carboxylic acids is 1. The van der Waals surface area contributed by atoms with Gasteiger partial charge in [-0.05, 0) is 6.42 Å². The summed E-state index contributed by atoms with van der Waals surface area (Å²) in [5.41, 5.74) is 4.93. The number of halogens is 3. The van der Waals surface area contributed by atoms with Crippen LogP contribution in [0, 0.1) is 5.92 Å². The van der Waals surface area contributed by atoms with Crippen LogP contribution in [0.2, 0.25) is 0 Å². The van der Waals surface area contributed by atoms with E-state index in [-0.39, 0.29) is 6.42 Å². The predicted octanol–water partition coefficient (Wildman–Crippen LogP) is 1.47.